The number of aromatic nitrogens is 1. The van der Waals surface area contributed by atoms with Crippen molar-refractivity contribution in [2.45, 2.75) is 51.0 Å². The Labute approximate surface area is 171 Å². The van der Waals surface area contributed by atoms with Gasteiger partial charge in [-0.25, -0.2) is 0 Å². The Balaban J connectivity index is 1.37. The molecule has 5 heteroatoms. The maximum Gasteiger partial charge on any atom is 0.258 e. The lowest BCUT2D eigenvalue weighted by Crippen LogP contribution is -2.49. The van der Waals surface area contributed by atoms with Crippen LogP contribution in [0.3, 0.4) is 0 Å². The van der Waals surface area contributed by atoms with Crippen molar-refractivity contribution in [2.75, 3.05) is 18.0 Å². The summed E-state index contributed by atoms with van der Waals surface area (Å²) in [7, 11) is 0. The van der Waals surface area contributed by atoms with E-state index in [9.17, 15) is 9.59 Å². The van der Waals surface area contributed by atoms with Crippen LogP contribution in [0.1, 0.15) is 64.8 Å². The molecule has 1 aromatic heterocycles. The summed E-state index contributed by atoms with van der Waals surface area (Å²) < 4.78 is 0. The molecule has 1 aromatic carbocycles. The number of fused-ring (bicyclic) bond motifs is 2. The van der Waals surface area contributed by atoms with E-state index in [0.29, 0.717) is 24.1 Å². The van der Waals surface area contributed by atoms with E-state index in [1.807, 2.05) is 23.1 Å². The predicted molar refractivity (Wildman–Crippen MR) is 112 cm³/mol. The molecule has 3 heterocycles. The fourth-order valence-corrected chi connectivity index (χ4v) is 5.44. The number of anilines is 1. The summed E-state index contributed by atoms with van der Waals surface area (Å²) in [5.74, 6) is 0.846. The minimum absolute atomic E-state index is 0.00805. The number of amides is 2. The zero-order chi connectivity index (χ0) is 19.8. The summed E-state index contributed by atoms with van der Waals surface area (Å²) >= 11 is 0. The number of pyridine rings is 1. The minimum atomic E-state index is -0.00805. The molecule has 2 amide bonds. The lowest BCUT2D eigenvalue weighted by molar-refractivity contribution is 0.0390. The van der Waals surface area contributed by atoms with Gasteiger partial charge in [-0.05, 0) is 73.9 Å². The van der Waals surface area contributed by atoms with Crippen molar-refractivity contribution in [1.29, 1.82) is 0 Å². The van der Waals surface area contributed by atoms with Gasteiger partial charge in [0.05, 0.1) is 0 Å². The number of hydrogen-bond donors (Lipinski definition) is 0. The minimum Gasteiger partial charge on any atom is -0.335 e. The summed E-state index contributed by atoms with van der Waals surface area (Å²) in [6, 6.07) is 9.79. The van der Waals surface area contributed by atoms with Crippen molar-refractivity contribution in [1.82, 2.24) is 9.88 Å². The monoisotopic (exact) mass is 389 g/mol. The number of carbonyl (C=O) groups is 2. The lowest BCUT2D eigenvalue weighted by atomic mass is 9.78. The number of likely N-dealkylation sites (tertiary alicyclic amines) is 1. The molecule has 1 saturated carbocycles. The van der Waals surface area contributed by atoms with E-state index in [2.05, 4.69) is 9.88 Å². The molecule has 0 bridgehead atoms. The average Bonchev–Trinajstić information content (AvgIpc) is 3.21. The SMILES string of the molecule is O=C(c1ccncc1)N1CCc2cc(C(=O)N3CCC[C@H]4CCCC[C@H]43)ccc21. The molecule has 3 aliphatic rings. The quantitative estimate of drug-likeness (QED) is 0.778. The van der Waals surface area contributed by atoms with E-state index in [4.69, 9.17) is 0 Å². The van der Waals surface area contributed by atoms with Crippen LogP contribution in [0.5, 0.6) is 0 Å². The molecule has 5 rings (SSSR count). The van der Waals surface area contributed by atoms with Gasteiger partial charge in [-0.3, -0.25) is 14.6 Å². The second-order valence-corrected chi connectivity index (χ2v) is 8.54. The van der Waals surface area contributed by atoms with Gasteiger partial charge in [0.1, 0.15) is 0 Å². The van der Waals surface area contributed by atoms with E-state index in [0.717, 1.165) is 42.6 Å². The van der Waals surface area contributed by atoms with E-state index >= 15 is 0 Å². The van der Waals surface area contributed by atoms with Crippen molar-refractivity contribution >= 4 is 17.5 Å². The standard InChI is InChI=1S/C24H27N3O2/c28-23(18-9-12-25-13-10-18)27-15-11-19-16-20(7-8-22(19)27)24(29)26-14-3-5-17-4-1-2-6-21(17)26/h7-10,12-13,16-17,21H,1-6,11,14-15H2/t17-,21-/m1/s1. The second-order valence-electron chi connectivity index (χ2n) is 8.54. The smallest absolute Gasteiger partial charge is 0.258 e. The molecule has 2 fully saturated rings. The maximum atomic E-state index is 13.3. The van der Waals surface area contributed by atoms with Crippen LogP contribution in [0.4, 0.5) is 5.69 Å². The Hall–Kier alpha value is -2.69. The van der Waals surface area contributed by atoms with Crippen LogP contribution in [0.25, 0.3) is 0 Å². The molecule has 0 spiro atoms. The van der Waals surface area contributed by atoms with Crippen LogP contribution in [0.15, 0.2) is 42.7 Å². The maximum absolute atomic E-state index is 13.3. The molecule has 5 nitrogen and oxygen atoms in total. The Morgan fingerprint density at radius 1 is 0.862 bits per heavy atom. The largest absolute Gasteiger partial charge is 0.335 e. The van der Waals surface area contributed by atoms with Crippen LogP contribution in [-0.2, 0) is 6.42 Å². The molecule has 29 heavy (non-hydrogen) atoms. The van der Waals surface area contributed by atoms with E-state index in [1.54, 1.807) is 24.5 Å². The highest BCUT2D eigenvalue weighted by Crippen LogP contribution is 2.37. The van der Waals surface area contributed by atoms with E-state index in [-0.39, 0.29) is 11.8 Å². The number of rotatable bonds is 2. The topological polar surface area (TPSA) is 53.5 Å². The first-order valence-electron chi connectivity index (χ1n) is 10.9. The average molecular weight is 389 g/mol. The summed E-state index contributed by atoms with van der Waals surface area (Å²) in [5, 5.41) is 0. The van der Waals surface area contributed by atoms with Crippen molar-refractivity contribution in [3.05, 3.63) is 59.4 Å². The van der Waals surface area contributed by atoms with Crippen LogP contribution >= 0.6 is 0 Å². The van der Waals surface area contributed by atoms with Gasteiger partial charge < -0.3 is 9.80 Å². The van der Waals surface area contributed by atoms with Crippen molar-refractivity contribution in [3.8, 4) is 0 Å². The Morgan fingerprint density at radius 3 is 2.52 bits per heavy atom. The van der Waals surface area contributed by atoms with Gasteiger partial charge in [-0.1, -0.05) is 12.8 Å². The fourth-order valence-electron chi connectivity index (χ4n) is 5.44. The molecular weight excluding hydrogens is 362 g/mol. The van der Waals surface area contributed by atoms with Gasteiger partial charge in [-0.15, -0.1) is 0 Å². The third kappa shape index (κ3) is 3.33. The molecule has 2 aliphatic heterocycles. The van der Waals surface area contributed by atoms with E-state index < -0.39 is 0 Å². The molecule has 150 valence electrons. The lowest BCUT2D eigenvalue weighted by Gasteiger charge is -2.44. The number of nitrogens with zero attached hydrogens (tertiary/aromatic N) is 3. The number of benzene rings is 1. The van der Waals surface area contributed by atoms with Crippen molar-refractivity contribution in [3.63, 3.8) is 0 Å². The number of piperidine rings is 1. The number of hydrogen-bond acceptors (Lipinski definition) is 3. The van der Waals surface area contributed by atoms with Gasteiger partial charge >= 0.3 is 0 Å². The van der Waals surface area contributed by atoms with Crippen LogP contribution in [0.2, 0.25) is 0 Å². The summed E-state index contributed by atoms with van der Waals surface area (Å²) in [5.41, 5.74) is 3.44. The van der Waals surface area contributed by atoms with Crippen LogP contribution in [-0.4, -0.2) is 40.8 Å². The second kappa shape index (κ2) is 7.62. The molecule has 1 aliphatic carbocycles. The van der Waals surface area contributed by atoms with Crippen molar-refractivity contribution < 1.29 is 9.59 Å². The normalized spacial score (nSPS) is 23.4. The summed E-state index contributed by atoms with van der Waals surface area (Å²) in [6.07, 6.45) is 11.4. The molecule has 0 N–H and O–H groups in total. The third-order valence-electron chi connectivity index (χ3n) is 6.90. The molecule has 0 unspecified atom stereocenters. The summed E-state index contributed by atoms with van der Waals surface area (Å²) in [6.45, 7) is 1.53. The first kappa shape index (κ1) is 18.3. The van der Waals surface area contributed by atoms with Gasteiger partial charge in [0.2, 0.25) is 0 Å². The molecule has 2 aromatic rings. The van der Waals surface area contributed by atoms with Crippen molar-refractivity contribution in [2.24, 2.45) is 5.92 Å². The predicted octanol–water partition coefficient (Wildman–Crippen LogP) is 4.08. The Bertz CT molecular complexity index is 925. The highest BCUT2D eigenvalue weighted by atomic mass is 16.2. The van der Waals surface area contributed by atoms with Crippen LogP contribution in [0, 0.1) is 5.92 Å². The van der Waals surface area contributed by atoms with Gasteiger partial charge in [0, 0.05) is 48.3 Å². The third-order valence-corrected chi connectivity index (χ3v) is 6.90. The zero-order valence-corrected chi connectivity index (χ0v) is 16.7. The molecule has 1 saturated heterocycles. The van der Waals surface area contributed by atoms with Gasteiger partial charge in [0.25, 0.3) is 11.8 Å². The van der Waals surface area contributed by atoms with Gasteiger partial charge in [-0.2, -0.15) is 0 Å². The fraction of sp³-hybridized carbons (Fsp3) is 0.458. The summed E-state index contributed by atoms with van der Waals surface area (Å²) in [4.78, 5) is 34.1. The van der Waals surface area contributed by atoms with E-state index in [1.165, 1.54) is 25.7 Å². The number of carbonyl (C=O) groups excluding carboxylic acids is 2. The van der Waals surface area contributed by atoms with Crippen LogP contribution < -0.4 is 4.90 Å². The highest BCUT2D eigenvalue weighted by Gasteiger charge is 2.36. The van der Waals surface area contributed by atoms with Gasteiger partial charge in [0.15, 0.2) is 0 Å². The Kier molecular flexibility index (Phi) is 4.82. The highest BCUT2D eigenvalue weighted by molar-refractivity contribution is 6.07. The molecule has 0 radical (unpaired) electrons. The zero-order valence-electron chi connectivity index (χ0n) is 16.7. The first-order chi connectivity index (χ1) is 14.2. The Morgan fingerprint density at radius 2 is 1.66 bits per heavy atom. The molecular formula is C24H27N3O2. The first-order valence-corrected chi connectivity index (χ1v) is 10.9. The molecule has 2 atom stereocenters.